The first-order chi connectivity index (χ1) is 12.5. The maximum atomic E-state index is 12.9. The molecule has 0 aliphatic rings. The standard InChI is InChI=1S/C18H16ClFN4OS/c1-11(17(25)21-10-12-2-8-15(20)9-3-12)26-18-22-16(23-24-18)13-4-6-14(19)7-5-13/h2-9,11H,10H2,1H3,(H,21,25)(H,22,23,24). The van der Waals surface area contributed by atoms with Crippen LogP contribution in [0.2, 0.25) is 5.02 Å². The first-order valence-electron chi connectivity index (χ1n) is 7.88. The van der Waals surface area contributed by atoms with Crippen molar-refractivity contribution >= 4 is 29.3 Å². The molecule has 2 aromatic carbocycles. The molecule has 0 fully saturated rings. The first-order valence-corrected chi connectivity index (χ1v) is 9.14. The van der Waals surface area contributed by atoms with Crippen molar-refractivity contribution < 1.29 is 9.18 Å². The van der Waals surface area contributed by atoms with Crippen LogP contribution in [-0.4, -0.2) is 26.3 Å². The number of hydrogen-bond acceptors (Lipinski definition) is 4. The summed E-state index contributed by atoms with van der Waals surface area (Å²) < 4.78 is 12.9. The number of halogens is 2. The summed E-state index contributed by atoms with van der Waals surface area (Å²) in [4.78, 5) is 16.6. The summed E-state index contributed by atoms with van der Waals surface area (Å²) in [7, 11) is 0. The predicted molar refractivity (Wildman–Crippen MR) is 100 cm³/mol. The Kier molecular flexibility index (Phi) is 5.90. The van der Waals surface area contributed by atoms with Crippen LogP contribution in [0.25, 0.3) is 11.4 Å². The van der Waals surface area contributed by atoms with Crippen molar-refractivity contribution in [2.45, 2.75) is 23.9 Å². The molecule has 0 saturated heterocycles. The monoisotopic (exact) mass is 390 g/mol. The molecule has 0 bridgehead atoms. The molecule has 0 radical (unpaired) electrons. The number of nitrogens with one attached hydrogen (secondary N) is 2. The lowest BCUT2D eigenvalue weighted by Gasteiger charge is -2.10. The lowest BCUT2D eigenvalue weighted by Crippen LogP contribution is -2.30. The van der Waals surface area contributed by atoms with E-state index in [1.807, 2.05) is 12.1 Å². The lowest BCUT2D eigenvalue weighted by atomic mass is 10.2. The first kappa shape index (κ1) is 18.4. The molecule has 0 spiro atoms. The lowest BCUT2D eigenvalue weighted by molar-refractivity contribution is -0.120. The van der Waals surface area contributed by atoms with Crippen LogP contribution in [0, 0.1) is 5.82 Å². The maximum Gasteiger partial charge on any atom is 0.233 e. The molecule has 1 heterocycles. The Morgan fingerprint density at radius 1 is 1.23 bits per heavy atom. The van der Waals surface area contributed by atoms with Gasteiger partial charge < -0.3 is 5.32 Å². The Hall–Kier alpha value is -2.38. The third-order valence-electron chi connectivity index (χ3n) is 3.61. The van der Waals surface area contributed by atoms with Crippen LogP contribution in [0.5, 0.6) is 0 Å². The molecule has 134 valence electrons. The van der Waals surface area contributed by atoms with Crippen molar-refractivity contribution in [2.75, 3.05) is 0 Å². The fourth-order valence-electron chi connectivity index (χ4n) is 2.18. The van der Waals surface area contributed by atoms with Crippen molar-refractivity contribution in [3.63, 3.8) is 0 Å². The highest BCUT2D eigenvalue weighted by molar-refractivity contribution is 8.00. The van der Waals surface area contributed by atoms with Gasteiger partial charge in [-0.3, -0.25) is 9.89 Å². The van der Waals surface area contributed by atoms with Crippen molar-refractivity contribution in [1.29, 1.82) is 0 Å². The highest BCUT2D eigenvalue weighted by Crippen LogP contribution is 2.23. The average Bonchev–Trinajstić information content (AvgIpc) is 3.10. The van der Waals surface area contributed by atoms with Gasteiger partial charge in [0.2, 0.25) is 11.1 Å². The molecule has 0 aliphatic heterocycles. The number of H-pyrrole nitrogens is 1. The summed E-state index contributed by atoms with van der Waals surface area (Å²) >= 11 is 7.13. The van der Waals surface area contributed by atoms with Crippen molar-refractivity contribution in [3.05, 3.63) is 64.9 Å². The second-order valence-electron chi connectivity index (χ2n) is 5.58. The van der Waals surface area contributed by atoms with Gasteiger partial charge in [-0.05, 0) is 48.9 Å². The molecule has 1 amide bonds. The number of aromatic amines is 1. The number of rotatable bonds is 6. The molecule has 0 aliphatic carbocycles. The number of thioether (sulfide) groups is 1. The molecule has 0 saturated carbocycles. The molecule has 5 nitrogen and oxygen atoms in total. The van der Waals surface area contributed by atoms with Gasteiger partial charge in [0.05, 0.1) is 5.25 Å². The minimum Gasteiger partial charge on any atom is -0.351 e. The molecular weight excluding hydrogens is 375 g/mol. The quantitative estimate of drug-likeness (QED) is 0.622. The van der Waals surface area contributed by atoms with Gasteiger partial charge in [0.15, 0.2) is 5.82 Å². The van der Waals surface area contributed by atoms with Crippen LogP contribution in [0.3, 0.4) is 0 Å². The van der Waals surface area contributed by atoms with Crippen molar-refractivity contribution in [2.24, 2.45) is 0 Å². The molecule has 26 heavy (non-hydrogen) atoms. The van der Waals surface area contributed by atoms with Crippen LogP contribution in [-0.2, 0) is 11.3 Å². The van der Waals surface area contributed by atoms with Crippen LogP contribution >= 0.6 is 23.4 Å². The van der Waals surface area contributed by atoms with Gasteiger partial charge in [0, 0.05) is 17.1 Å². The minimum absolute atomic E-state index is 0.142. The van der Waals surface area contributed by atoms with E-state index in [-0.39, 0.29) is 17.0 Å². The minimum atomic E-state index is -0.371. The van der Waals surface area contributed by atoms with E-state index in [0.29, 0.717) is 22.5 Å². The molecule has 3 rings (SSSR count). The van der Waals surface area contributed by atoms with Gasteiger partial charge >= 0.3 is 0 Å². The number of carbonyl (C=O) groups excluding carboxylic acids is 1. The molecule has 1 unspecified atom stereocenters. The zero-order chi connectivity index (χ0) is 18.5. The Balaban J connectivity index is 1.55. The second-order valence-corrected chi connectivity index (χ2v) is 7.32. The van der Waals surface area contributed by atoms with Crippen LogP contribution in [0.4, 0.5) is 4.39 Å². The van der Waals surface area contributed by atoms with E-state index in [1.54, 1.807) is 31.2 Å². The number of benzene rings is 2. The number of nitrogens with zero attached hydrogens (tertiary/aromatic N) is 2. The zero-order valence-electron chi connectivity index (χ0n) is 13.9. The van der Waals surface area contributed by atoms with Gasteiger partial charge in [-0.2, -0.15) is 0 Å². The predicted octanol–water partition coefficient (Wildman–Crippen LogP) is 4.06. The summed E-state index contributed by atoms with van der Waals surface area (Å²) in [6.45, 7) is 2.12. The highest BCUT2D eigenvalue weighted by Gasteiger charge is 2.17. The zero-order valence-corrected chi connectivity index (χ0v) is 15.4. The fourth-order valence-corrected chi connectivity index (χ4v) is 3.06. The number of aromatic nitrogens is 3. The average molecular weight is 391 g/mol. The Morgan fingerprint density at radius 3 is 2.62 bits per heavy atom. The summed E-state index contributed by atoms with van der Waals surface area (Å²) in [5, 5.41) is 10.6. The van der Waals surface area contributed by atoms with Crippen LogP contribution in [0.15, 0.2) is 53.7 Å². The van der Waals surface area contributed by atoms with Crippen LogP contribution < -0.4 is 5.32 Å². The van der Waals surface area contributed by atoms with E-state index >= 15 is 0 Å². The summed E-state index contributed by atoms with van der Waals surface area (Å²) in [6.07, 6.45) is 0. The summed E-state index contributed by atoms with van der Waals surface area (Å²) in [5.41, 5.74) is 1.70. The van der Waals surface area contributed by atoms with E-state index in [0.717, 1.165) is 11.1 Å². The molecule has 8 heteroatoms. The normalized spacial score (nSPS) is 12.0. The van der Waals surface area contributed by atoms with Gasteiger partial charge in [-0.25, -0.2) is 9.37 Å². The number of carbonyl (C=O) groups is 1. The third-order valence-corrected chi connectivity index (χ3v) is 4.83. The second kappa shape index (κ2) is 8.33. The fraction of sp³-hybridized carbons (Fsp3) is 0.167. The van der Waals surface area contributed by atoms with Crippen LogP contribution in [0.1, 0.15) is 12.5 Å². The summed E-state index contributed by atoms with van der Waals surface area (Å²) in [5.74, 6) is 0.172. The Morgan fingerprint density at radius 2 is 1.92 bits per heavy atom. The van der Waals surface area contributed by atoms with Gasteiger partial charge in [-0.15, -0.1) is 5.10 Å². The number of hydrogen-bond donors (Lipinski definition) is 2. The smallest absolute Gasteiger partial charge is 0.233 e. The van der Waals surface area contributed by atoms with E-state index < -0.39 is 0 Å². The maximum absolute atomic E-state index is 12.9. The van der Waals surface area contributed by atoms with Gasteiger partial charge in [0.1, 0.15) is 5.82 Å². The Labute approximate surface area is 159 Å². The Bertz CT molecular complexity index is 883. The van der Waals surface area contributed by atoms with E-state index in [9.17, 15) is 9.18 Å². The SMILES string of the molecule is CC(Sc1n[nH]c(-c2ccc(Cl)cc2)n1)C(=O)NCc1ccc(F)cc1. The largest absolute Gasteiger partial charge is 0.351 e. The molecule has 2 N–H and O–H groups in total. The topological polar surface area (TPSA) is 70.7 Å². The van der Waals surface area contributed by atoms with Gasteiger partial charge in [0.25, 0.3) is 0 Å². The molecular formula is C18H16ClFN4OS. The molecule has 3 aromatic rings. The summed E-state index contributed by atoms with van der Waals surface area (Å²) in [6, 6.07) is 13.3. The van der Waals surface area contributed by atoms with E-state index in [1.165, 1.54) is 23.9 Å². The van der Waals surface area contributed by atoms with Crippen molar-refractivity contribution in [1.82, 2.24) is 20.5 Å². The van der Waals surface area contributed by atoms with Gasteiger partial charge in [-0.1, -0.05) is 35.5 Å². The van der Waals surface area contributed by atoms with Crippen molar-refractivity contribution in [3.8, 4) is 11.4 Å². The third kappa shape index (κ3) is 4.83. The highest BCUT2D eigenvalue weighted by atomic mass is 35.5. The molecule has 1 atom stereocenters. The van der Waals surface area contributed by atoms with E-state index in [2.05, 4.69) is 20.5 Å². The van der Waals surface area contributed by atoms with E-state index in [4.69, 9.17) is 11.6 Å². The number of amides is 1. The molecule has 1 aromatic heterocycles.